The van der Waals surface area contributed by atoms with Gasteiger partial charge < -0.3 is 19.7 Å². The Hall–Kier alpha value is -2.93. The van der Waals surface area contributed by atoms with E-state index in [9.17, 15) is 13.6 Å². The molecule has 2 aromatic rings. The smallest absolute Gasteiger partial charge is 0.254 e. The molecule has 188 valence electrons. The van der Waals surface area contributed by atoms with Crippen molar-refractivity contribution in [1.82, 2.24) is 10.2 Å². The Balaban J connectivity index is 1.57. The van der Waals surface area contributed by atoms with Crippen molar-refractivity contribution >= 4 is 12.0 Å². The van der Waals surface area contributed by atoms with Crippen LogP contribution in [0.2, 0.25) is 0 Å². The molecule has 2 fully saturated rings. The molecule has 3 atom stereocenters. The van der Waals surface area contributed by atoms with E-state index in [2.05, 4.69) is 5.32 Å². The van der Waals surface area contributed by atoms with Crippen LogP contribution >= 0.6 is 0 Å². The number of rotatable bonds is 8. The molecule has 0 unspecified atom stereocenters. The highest BCUT2D eigenvalue weighted by atomic mass is 19.1. The topological polar surface area (TPSA) is 50.8 Å². The summed E-state index contributed by atoms with van der Waals surface area (Å²) >= 11 is 0. The predicted molar refractivity (Wildman–Crippen MR) is 133 cm³/mol. The first-order valence-corrected chi connectivity index (χ1v) is 12.3. The van der Waals surface area contributed by atoms with Crippen molar-refractivity contribution in [3.8, 4) is 11.5 Å². The second-order valence-corrected chi connectivity index (χ2v) is 9.66. The first kappa shape index (κ1) is 25.2. The quantitative estimate of drug-likeness (QED) is 0.542. The number of carbonyl (C=O) groups excluding carboxylic acids is 1. The van der Waals surface area contributed by atoms with Crippen LogP contribution < -0.4 is 14.8 Å². The Morgan fingerprint density at radius 1 is 1.09 bits per heavy atom. The molecule has 4 rings (SSSR count). The van der Waals surface area contributed by atoms with Crippen LogP contribution in [0.4, 0.5) is 8.78 Å². The van der Waals surface area contributed by atoms with E-state index in [-0.39, 0.29) is 11.9 Å². The molecule has 1 amide bonds. The van der Waals surface area contributed by atoms with Gasteiger partial charge in [0.05, 0.1) is 14.2 Å². The zero-order chi connectivity index (χ0) is 24.9. The lowest BCUT2D eigenvalue weighted by Crippen LogP contribution is -2.43. The van der Waals surface area contributed by atoms with E-state index in [1.807, 2.05) is 11.8 Å². The van der Waals surface area contributed by atoms with Gasteiger partial charge >= 0.3 is 0 Å². The van der Waals surface area contributed by atoms with Crippen molar-refractivity contribution in [3.63, 3.8) is 0 Å². The summed E-state index contributed by atoms with van der Waals surface area (Å²) in [6.45, 7) is 2.74. The lowest BCUT2D eigenvalue weighted by atomic mass is 9.85. The Morgan fingerprint density at radius 3 is 2.57 bits per heavy atom. The zero-order valence-electron chi connectivity index (χ0n) is 20.7. The molecule has 2 aliphatic rings. The SMILES string of the molecule is COc1ccc(C(=O)N(C/C(C)=C/c2ccc(F)cc2F)C[C@@H]2C[C@@H]3CCCC[C@@H]3N2)cc1OC. The fourth-order valence-electron chi connectivity index (χ4n) is 5.44. The lowest BCUT2D eigenvalue weighted by molar-refractivity contribution is 0.0755. The normalized spacial score (nSPS) is 22.0. The largest absolute Gasteiger partial charge is 0.493 e. The summed E-state index contributed by atoms with van der Waals surface area (Å²) < 4.78 is 38.2. The van der Waals surface area contributed by atoms with Crippen molar-refractivity contribution in [2.75, 3.05) is 27.3 Å². The molecule has 0 radical (unpaired) electrons. The molecule has 0 aromatic heterocycles. The van der Waals surface area contributed by atoms with Crippen LogP contribution in [0.1, 0.15) is 54.9 Å². The maximum Gasteiger partial charge on any atom is 0.254 e. The van der Waals surface area contributed by atoms with Gasteiger partial charge in [0, 0.05) is 42.4 Å². The van der Waals surface area contributed by atoms with E-state index in [0.29, 0.717) is 47.7 Å². The van der Waals surface area contributed by atoms with E-state index >= 15 is 0 Å². The molecule has 1 aliphatic heterocycles. The first-order valence-electron chi connectivity index (χ1n) is 12.3. The van der Waals surface area contributed by atoms with Gasteiger partial charge in [-0.15, -0.1) is 0 Å². The third-order valence-electron chi connectivity index (χ3n) is 7.11. The summed E-state index contributed by atoms with van der Waals surface area (Å²) in [6, 6.07) is 9.40. The number of hydrogen-bond donors (Lipinski definition) is 1. The number of amides is 1. The van der Waals surface area contributed by atoms with Crippen LogP contribution in [0.3, 0.4) is 0 Å². The molecule has 0 spiro atoms. The van der Waals surface area contributed by atoms with Gasteiger partial charge in [-0.05, 0) is 62.4 Å². The average Bonchev–Trinajstić information content (AvgIpc) is 3.27. The maximum atomic E-state index is 14.2. The van der Waals surface area contributed by atoms with E-state index in [1.165, 1.54) is 44.9 Å². The lowest BCUT2D eigenvalue weighted by Gasteiger charge is -2.27. The maximum absolute atomic E-state index is 14.2. The molecule has 1 N–H and O–H groups in total. The Labute approximate surface area is 206 Å². The standard InChI is InChI=1S/C28H34F2N2O3/c1-18(12-19-8-10-22(29)15-24(19)30)16-32(17-23-13-20-6-4-5-7-25(20)31-23)28(33)21-9-11-26(34-2)27(14-21)35-3/h8-12,14-15,20,23,25,31H,4-7,13,16-17H2,1-3H3/b18-12+/t20-,23-,25-/m0/s1. The number of halogens is 2. The Bertz CT molecular complexity index is 1070. The van der Waals surface area contributed by atoms with Gasteiger partial charge in [-0.3, -0.25) is 4.79 Å². The van der Waals surface area contributed by atoms with Crippen LogP contribution in [-0.4, -0.2) is 50.2 Å². The molecule has 0 bridgehead atoms. The van der Waals surface area contributed by atoms with Crippen molar-refractivity contribution in [3.05, 3.63) is 64.7 Å². The zero-order valence-corrected chi connectivity index (χ0v) is 20.7. The molecule has 2 aromatic carbocycles. The van der Waals surface area contributed by atoms with Crippen LogP contribution in [0.25, 0.3) is 6.08 Å². The summed E-state index contributed by atoms with van der Waals surface area (Å²) in [5, 5.41) is 3.75. The van der Waals surface area contributed by atoms with Gasteiger partial charge in [0.1, 0.15) is 11.6 Å². The Morgan fingerprint density at radius 2 is 1.86 bits per heavy atom. The highest BCUT2D eigenvalue weighted by Crippen LogP contribution is 2.34. The average molecular weight is 485 g/mol. The molecule has 1 aliphatic carbocycles. The van der Waals surface area contributed by atoms with Gasteiger partial charge in [-0.2, -0.15) is 0 Å². The van der Waals surface area contributed by atoms with Crippen LogP contribution in [0, 0.1) is 17.6 Å². The number of nitrogens with zero attached hydrogens (tertiary/aromatic N) is 1. The molecule has 1 saturated heterocycles. The summed E-state index contributed by atoms with van der Waals surface area (Å²) in [5.41, 5.74) is 1.60. The summed E-state index contributed by atoms with van der Waals surface area (Å²) in [5.74, 6) is 0.343. The number of ether oxygens (including phenoxy) is 2. The third-order valence-corrected chi connectivity index (χ3v) is 7.11. The molecule has 5 nitrogen and oxygen atoms in total. The minimum atomic E-state index is -0.622. The summed E-state index contributed by atoms with van der Waals surface area (Å²) in [6.07, 6.45) is 7.67. The molecular formula is C28H34F2N2O3. The summed E-state index contributed by atoms with van der Waals surface area (Å²) in [7, 11) is 3.10. The molecule has 7 heteroatoms. The van der Waals surface area contributed by atoms with Gasteiger partial charge in [0.15, 0.2) is 11.5 Å². The van der Waals surface area contributed by atoms with Gasteiger partial charge in [0.2, 0.25) is 0 Å². The van der Waals surface area contributed by atoms with Gasteiger partial charge in [-0.1, -0.05) is 24.5 Å². The van der Waals surface area contributed by atoms with Crippen LogP contribution in [-0.2, 0) is 0 Å². The molecule has 1 saturated carbocycles. The van der Waals surface area contributed by atoms with Crippen molar-refractivity contribution in [2.24, 2.45) is 5.92 Å². The highest BCUT2D eigenvalue weighted by Gasteiger charge is 2.36. The van der Waals surface area contributed by atoms with E-state index in [1.54, 1.807) is 31.4 Å². The fraction of sp³-hybridized carbons (Fsp3) is 0.464. The fourth-order valence-corrected chi connectivity index (χ4v) is 5.44. The monoisotopic (exact) mass is 484 g/mol. The highest BCUT2D eigenvalue weighted by molar-refractivity contribution is 5.95. The number of methoxy groups -OCH3 is 2. The summed E-state index contributed by atoms with van der Waals surface area (Å²) in [4.78, 5) is 15.5. The van der Waals surface area contributed by atoms with Gasteiger partial charge in [0.25, 0.3) is 5.91 Å². The van der Waals surface area contributed by atoms with Gasteiger partial charge in [-0.25, -0.2) is 8.78 Å². The van der Waals surface area contributed by atoms with E-state index in [4.69, 9.17) is 9.47 Å². The molecule has 1 heterocycles. The third kappa shape index (κ3) is 6.01. The van der Waals surface area contributed by atoms with Crippen molar-refractivity contribution in [1.29, 1.82) is 0 Å². The van der Waals surface area contributed by atoms with Crippen molar-refractivity contribution in [2.45, 2.75) is 51.1 Å². The number of carbonyl (C=O) groups is 1. The van der Waals surface area contributed by atoms with Crippen LogP contribution in [0.5, 0.6) is 11.5 Å². The minimum absolute atomic E-state index is 0.130. The number of fused-ring (bicyclic) bond motifs is 1. The molecule has 35 heavy (non-hydrogen) atoms. The first-order chi connectivity index (χ1) is 16.9. The molecular weight excluding hydrogens is 450 g/mol. The second kappa shape index (κ2) is 11.2. The second-order valence-electron chi connectivity index (χ2n) is 9.66. The van der Waals surface area contributed by atoms with Crippen LogP contribution in [0.15, 0.2) is 42.0 Å². The van der Waals surface area contributed by atoms with Crippen molar-refractivity contribution < 1.29 is 23.0 Å². The van der Waals surface area contributed by atoms with E-state index < -0.39 is 11.6 Å². The minimum Gasteiger partial charge on any atom is -0.493 e. The number of benzene rings is 2. The number of nitrogens with one attached hydrogen (secondary N) is 1. The Kier molecular flexibility index (Phi) is 8.06. The van der Waals surface area contributed by atoms with E-state index in [0.717, 1.165) is 18.1 Å². The predicted octanol–water partition coefficient (Wildman–Crippen LogP) is 5.45. The number of hydrogen-bond acceptors (Lipinski definition) is 4.